The highest BCUT2D eigenvalue weighted by molar-refractivity contribution is 5.90. The number of halogens is 3. The number of carboxylic acids is 1. The van der Waals surface area contributed by atoms with Crippen LogP contribution in [0.3, 0.4) is 0 Å². The minimum atomic E-state index is -4.51. The Labute approximate surface area is 105 Å². The van der Waals surface area contributed by atoms with Gasteiger partial charge in [-0.3, -0.25) is 10.1 Å². The van der Waals surface area contributed by atoms with Crippen molar-refractivity contribution in [1.82, 2.24) is 0 Å². The number of carbonyl (C=O) groups is 1. The number of nitro groups is 1. The molecule has 9 heteroatoms. The number of anilines is 1. The average molecular weight is 278 g/mol. The third-order valence-corrected chi connectivity index (χ3v) is 2.30. The lowest BCUT2D eigenvalue weighted by atomic mass is 10.1. The van der Waals surface area contributed by atoms with Gasteiger partial charge in [0.1, 0.15) is 6.54 Å². The number of nitrogens with one attached hydrogen (secondary N) is 1. The second-order valence-corrected chi connectivity index (χ2v) is 3.70. The van der Waals surface area contributed by atoms with E-state index in [-0.39, 0.29) is 11.3 Å². The van der Waals surface area contributed by atoms with Crippen LogP contribution >= 0.6 is 0 Å². The van der Waals surface area contributed by atoms with Gasteiger partial charge in [-0.15, -0.1) is 0 Å². The molecule has 0 spiro atoms. The number of aromatic carboxylic acids is 1. The molecule has 0 unspecified atom stereocenters. The molecule has 0 aliphatic heterocycles. The van der Waals surface area contributed by atoms with Crippen LogP contribution in [0.15, 0.2) is 12.1 Å². The summed E-state index contributed by atoms with van der Waals surface area (Å²) >= 11 is 0. The number of carboxylic acid groups (broad SMARTS) is 1. The molecular formula is C10H9F3N2O4. The van der Waals surface area contributed by atoms with Crippen molar-refractivity contribution in [2.75, 3.05) is 11.9 Å². The summed E-state index contributed by atoms with van der Waals surface area (Å²) in [6.07, 6.45) is -4.51. The van der Waals surface area contributed by atoms with Crippen molar-refractivity contribution in [2.45, 2.75) is 13.1 Å². The van der Waals surface area contributed by atoms with Gasteiger partial charge in [0.15, 0.2) is 0 Å². The Morgan fingerprint density at radius 2 is 2.05 bits per heavy atom. The summed E-state index contributed by atoms with van der Waals surface area (Å²) < 4.78 is 36.2. The van der Waals surface area contributed by atoms with Gasteiger partial charge >= 0.3 is 12.1 Å². The van der Waals surface area contributed by atoms with Gasteiger partial charge in [0.2, 0.25) is 0 Å². The maximum Gasteiger partial charge on any atom is 0.405 e. The summed E-state index contributed by atoms with van der Waals surface area (Å²) in [6, 6.07) is 1.73. The van der Waals surface area contributed by atoms with E-state index in [0.717, 1.165) is 12.1 Å². The highest BCUT2D eigenvalue weighted by Crippen LogP contribution is 2.28. The third kappa shape index (κ3) is 3.83. The molecule has 1 rings (SSSR count). The Balaban J connectivity index is 3.22. The quantitative estimate of drug-likeness (QED) is 0.652. The Kier molecular flexibility index (Phi) is 3.98. The van der Waals surface area contributed by atoms with Gasteiger partial charge in [-0.25, -0.2) is 4.79 Å². The van der Waals surface area contributed by atoms with Gasteiger partial charge in [0.25, 0.3) is 5.69 Å². The number of nitrogens with zero attached hydrogens (tertiary/aromatic N) is 1. The first-order chi connectivity index (χ1) is 8.61. The lowest BCUT2D eigenvalue weighted by Gasteiger charge is -2.12. The van der Waals surface area contributed by atoms with E-state index in [1.54, 1.807) is 0 Å². The predicted octanol–water partition coefficient (Wildman–Crippen LogP) is 2.58. The van der Waals surface area contributed by atoms with Crippen molar-refractivity contribution in [1.29, 1.82) is 0 Å². The summed E-state index contributed by atoms with van der Waals surface area (Å²) in [5.74, 6) is -1.46. The monoisotopic (exact) mass is 278 g/mol. The number of hydrogen-bond acceptors (Lipinski definition) is 4. The van der Waals surface area contributed by atoms with E-state index in [0.29, 0.717) is 0 Å². The molecule has 19 heavy (non-hydrogen) atoms. The highest BCUT2D eigenvalue weighted by atomic mass is 19.4. The Hall–Kier alpha value is -2.32. The first kappa shape index (κ1) is 14.7. The minimum absolute atomic E-state index is 0.0562. The van der Waals surface area contributed by atoms with Crippen LogP contribution in [0.4, 0.5) is 24.5 Å². The first-order valence-corrected chi connectivity index (χ1v) is 4.95. The van der Waals surface area contributed by atoms with Crippen LogP contribution in [0.2, 0.25) is 0 Å². The van der Waals surface area contributed by atoms with E-state index < -0.39 is 34.9 Å². The van der Waals surface area contributed by atoms with E-state index in [9.17, 15) is 28.1 Å². The van der Waals surface area contributed by atoms with Gasteiger partial charge in [-0.1, -0.05) is 0 Å². The maximum absolute atomic E-state index is 12.1. The Bertz CT molecular complexity index is 528. The Morgan fingerprint density at radius 1 is 1.47 bits per heavy atom. The average Bonchev–Trinajstić information content (AvgIpc) is 2.25. The van der Waals surface area contributed by atoms with Crippen LogP contribution in [0.25, 0.3) is 0 Å². The fraction of sp³-hybridized carbons (Fsp3) is 0.300. The molecule has 1 aromatic rings. The standard InChI is InChI=1S/C10H9F3N2O4/c1-5-7(14-4-10(11,12)13)2-6(9(16)17)3-8(5)15(18)19/h2-3,14H,4H2,1H3,(H,16,17). The SMILES string of the molecule is Cc1c(NCC(F)(F)F)cc(C(=O)O)cc1[N+](=O)[O-]. The largest absolute Gasteiger partial charge is 0.478 e. The number of nitro benzene ring substituents is 1. The zero-order valence-corrected chi connectivity index (χ0v) is 9.61. The molecule has 0 heterocycles. The van der Waals surface area contributed by atoms with Crippen molar-refractivity contribution in [2.24, 2.45) is 0 Å². The van der Waals surface area contributed by atoms with Gasteiger partial charge < -0.3 is 10.4 Å². The van der Waals surface area contributed by atoms with Crippen LogP contribution in [0.1, 0.15) is 15.9 Å². The van der Waals surface area contributed by atoms with Crippen LogP contribution in [-0.4, -0.2) is 28.7 Å². The molecule has 104 valence electrons. The molecule has 0 fully saturated rings. The summed E-state index contributed by atoms with van der Waals surface area (Å²) in [5, 5.41) is 21.4. The van der Waals surface area contributed by atoms with E-state index >= 15 is 0 Å². The lowest BCUT2D eigenvalue weighted by Crippen LogP contribution is -2.22. The molecule has 0 bridgehead atoms. The number of rotatable bonds is 4. The van der Waals surface area contributed by atoms with Crippen molar-refractivity contribution in [3.8, 4) is 0 Å². The van der Waals surface area contributed by atoms with Crippen molar-refractivity contribution < 1.29 is 28.0 Å². The van der Waals surface area contributed by atoms with Crippen LogP contribution < -0.4 is 5.32 Å². The molecule has 0 saturated heterocycles. The number of hydrogen-bond donors (Lipinski definition) is 2. The molecule has 0 atom stereocenters. The van der Waals surface area contributed by atoms with Crippen LogP contribution in [-0.2, 0) is 0 Å². The van der Waals surface area contributed by atoms with Gasteiger partial charge in [-0.2, -0.15) is 13.2 Å². The van der Waals surface area contributed by atoms with Crippen molar-refractivity contribution in [3.05, 3.63) is 33.4 Å². The highest BCUT2D eigenvalue weighted by Gasteiger charge is 2.28. The molecule has 0 aliphatic carbocycles. The minimum Gasteiger partial charge on any atom is -0.478 e. The Morgan fingerprint density at radius 3 is 2.47 bits per heavy atom. The number of benzene rings is 1. The van der Waals surface area contributed by atoms with E-state index in [1.807, 2.05) is 5.32 Å². The molecule has 0 aromatic heterocycles. The zero-order valence-electron chi connectivity index (χ0n) is 9.61. The topological polar surface area (TPSA) is 92.5 Å². The second kappa shape index (κ2) is 5.12. The second-order valence-electron chi connectivity index (χ2n) is 3.70. The van der Waals surface area contributed by atoms with Crippen LogP contribution in [0, 0.1) is 17.0 Å². The summed E-state index contributed by atoms with van der Waals surface area (Å²) in [6.45, 7) is -0.170. The molecular weight excluding hydrogens is 269 g/mol. The molecule has 1 aromatic carbocycles. The smallest absolute Gasteiger partial charge is 0.405 e. The summed E-state index contributed by atoms with van der Waals surface area (Å²) in [5.41, 5.74) is -1.30. The van der Waals surface area contributed by atoms with Crippen molar-refractivity contribution >= 4 is 17.3 Å². The molecule has 0 radical (unpaired) electrons. The van der Waals surface area contributed by atoms with E-state index in [2.05, 4.69) is 0 Å². The predicted molar refractivity (Wildman–Crippen MR) is 59.3 cm³/mol. The molecule has 2 N–H and O–H groups in total. The fourth-order valence-corrected chi connectivity index (χ4v) is 1.39. The van der Waals surface area contributed by atoms with E-state index in [4.69, 9.17) is 5.11 Å². The molecule has 0 aliphatic rings. The van der Waals surface area contributed by atoms with Gasteiger partial charge in [-0.05, 0) is 13.0 Å². The van der Waals surface area contributed by atoms with E-state index in [1.165, 1.54) is 6.92 Å². The lowest BCUT2D eigenvalue weighted by molar-refractivity contribution is -0.385. The van der Waals surface area contributed by atoms with Gasteiger partial charge in [0.05, 0.1) is 10.5 Å². The molecule has 0 saturated carbocycles. The summed E-state index contributed by atoms with van der Waals surface area (Å²) in [7, 11) is 0. The third-order valence-electron chi connectivity index (χ3n) is 2.30. The zero-order chi connectivity index (χ0) is 14.8. The number of alkyl halides is 3. The maximum atomic E-state index is 12.1. The fourth-order valence-electron chi connectivity index (χ4n) is 1.39. The van der Waals surface area contributed by atoms with Gasteiger partial charge in [0, 0.05) is 17.3 Å². The normalized spacial score (nSPS) is 11.2. The summed E-state index contributed by atoms with van der Waals surface area (Å²) in [4.78, 5) is 20.6. The first-order valence-electron chi connectivity index (χ1n) is 4.95. The molecule has 6 nitrogen and oxygen atoms in total. The van der Waals surface area contributed by atoms with Crippen molar-refractivity contribution in [3.63, 3.8) is 0 Å². The van der Waals surface area contributed by atoms with Crippen LogP contribution in [0.5, 0.6) is 0 Å². The molecule has 0 amide bonds.